The highest BCUT2D eigenvalue weighted by Gasteiger charge is 2.39. The Morgan fingerprint density at radius 3 is 2.68 bits per heavy atom. The zero-order valence-corrected chi connectivity index (χ0v) is 14.7. The Morgan fingerprint density at radius 1 is 1.44 bits per heavy atom. The van der Waals surface area contributed by atoms with Crippen molar-refractivity contribution in [3.8, 4) is 0 Å². The van der Waals surface area contributed by atoms with Crippen LogP contribution in [0.5, 0.6) is 0 Å². The smallest absolute Gasteiger partial charge is 0.345 e. The number of nitro groups is 1. The largest absolute Gasteiger partial charge is 0.452 e. The van der Waals surface area contributed by atoms with E-state index >= 15 is 0 Å². The van der Waals surface area contributed by atoms with Crippen molar-refractivity contribution < 1.29 is 27.7 Å². The highest BCUT2D eigenvalue weighted by molar-refractivity contribution is 7.91. The summed E-state index contributed by atoms with van der Waals surface area (Å²) in [4.78, 5) is 34.0. The highest BCUT2D eigenvalue weighted by atomic mass is 35.5. The molecular weight excluding hydrogens is 376 g/mol. The van der Waals surface area contributed by atoms with Crippen LogP contribution in [-0.2, 0) is 19.4 Å². The molecular formula is C14H15ClN2O7S. The van der Waals surface area contributed by atoms with Gasteiger partial charge in [0, 0.05) is 11.1 Å². The average Bonchev–Trinajstić information content (AvgIpc) is 2.77. The molecule has 1 N–H and O–H groups in total. The Kier molecular flexibility index (Phi) is 5.33. The van der Waals surface area contributed by atoms with Crippen molar-refractivity contribution in [1.29, 1.82) is 0 Å². The minimum atomic E-state index is -3.21. The van der Waals surface area contributed by atoms with E-state index in [2.05, 4.69) is 5.32 Å². The molecule has 0 bridgehead atoms. The lowest BCUT2D eigenvalue weighted by atomic mass is 10.0. The molecule has 9 nitrogen and oxygen atoms in total. The summed E-state index contributed by atoms with van der Waals surface area (Å²) >= 11 is 5.72. The first-order chi connectivity index (χ1) is 11.5. The van der Waals surface area contributed by atoms with E-state index in [1.54, 1.807) is 6.92 Å². The van der Waals surface area contributed by atoms with Gasteiger partial charge in [-0.25, -0.2) is 13.2 Å². The molecule has 1 aromatic carbocycles. The van der Waals surface area contributed by atoms with E-state index in [0.29, 0.717) is 0 Å². The maximum atomic E-state index is 12.0. The number of halogens is 1. The average molecular weight is 391 g/mol. The van der Waals surface area contributed by atoms with Crippen LogP contribution in [0.25, 0.3) is 0 Å². The van der Waals surface area contributed by atoms with Gasteiger partial charge in [-0.3, -0.25) is 14.9 Å². The summed E-state index contributed by atoms with van der Waals surface area (Å²) in [6.45, 7) is 0.886. The van der Waals surface area contributed by atoms with Crippen LogP contribution in [0.1, 0.15) is 23.7 Å². The van der Waals surface area contributed by atoms with Gasteiger partial charge in [-0.1, -0.05) is 11.6 Å². The van der Waals surface area contributed by atoms with E-state index in [0.717, 1.165) is 12.1 Å². The maximum absolute atomic E-state index is 12.0. The molecule has 1 aliphatic rings. The van der Waals surface area contributed by atoms with Crippen LogP contribution in [0.2, 0.25) is 5.02 Å². The first kappa shape index (κ1) is 19.1. The van der Waals surface area contributed by atoms with Crippen molar-refractivity contribution in [3.05, 3.63) is 38.9 Å². The van der Waals surface area contributed by atoms with Crippen LogP contribution >= 0.6 is 11.6 Å². The summed E-state index contributed by atoms with van der Waals surface area (Å²) in [6.07, 6.45) is 0.259. The predicted octanol–water partition coefficient (Wildman–Crippen LogP) is 1.10. The van der Waals surface area contributed by atoms with Crippen LogP contribution < -0.4 is 5.32 Å². The zero-order valence-electron chi connectivity index (χ0n) is 13.2. The van der Waals surface area contributed by atoms with Gasteiger partial charge in [0.1, 0.15) is 5.56 Å². The van der Waals surface area contributed by atoms with E-state index in [1.165, 1.54) is 6.07 Å². The van der Waals surface area contributed by atoms with Crippen molar-refractivity contribution in [2.75, 3.05) is 18.1 Å². The number of benzene rings is 1. The molecule has 0 unspecified atom stereocenters. The van der Waals surface area contributed by atoms with Crippen molar-refractivity contribution in [2.24, 2.45) is 0 Å². The first-order valence-electron chi connectivity index (χ1n) is 7.14. The number of hydrogen-bond acceptors (Lipinski definition) is 7. The second-order valence-corrected chi connectivity index (χ2v) is 8.57. The molecule has 1 heterocycles. The fourth-order valence-corrected chi connectivity index (χ4v) is 4.79. The molecule has 0 aromatic heterocycles. The van der Waals surface area contributed by atoms with E-state index in [9.17, 15) is 28.1 Å². The van der Waals surface area contributed by atoms with Gasteiger partial charge in [-0.05, 0) is 25.5 Å². The van der Waals surface area contributed by atoms with E-state index < -0.39 is 44.5 Å². The van der Waals surface area contributed by atoms with Gasteiger partial charge in [-0.2, -0.15) is 0 Å². The summed E-state index contributed by atoms with van der Waals surface area (Å²) < 4.78 is 27.8. The van der Waals surface area contributed by atoms with Gasteiger partial charge in [-0.15, -0.1) is 0 Å². The molecule has 11 heteroatoms. The van der Waals surface area contributed by atoms with Gasteiger partial charge >= 0.3 is 5.97 Å². The third kappa shape index (κ3) is 4.89. The van der Waals surface area contributed by atoms with Crippen LogP contribution in [0.15, 0.2) is 18.2 Å². The lowest BCUT2D eigenvalue weighted by molar-refractivity contribution is -0.385. The SMILES string of the molecule is C[C@@]1(NC(=O)COC(=O)c2cc(Cl)ccc2[N+](=O)[O-])CCS(=O)(=O)C1. The molecule has 2 rings (SSSR count). The number of esters is 1. The van der Waals surface area contributed by atoms with E-state index in [-0.39, 0.29) is 28.5 Å². The number of carbonyl (C=O) groups is 2. The van der Waals surface area contributed by atoms with Crippen LogP contribution in [0, 0.1) is 10.1 Å². The number of amides is 1. The number of nitrogens with one attached hydrogen (secondary N) is 1. The second-order valence-electron chi connectivity index (χ2n) is 5.95. The predicted molar refractivity (Wildman–Crippen MR) is 88.2 cm³/mol. The highest BCUT2D eigenvalue weighted by Crippen LogP contribution is 2.24. The molecule has 1 aromatic rings. The lowest BCUT2D eigenvalue weighted by Gasteiger charge is -2.23. The maximum Gasteiger partial charge on any atom is 0.345 e. The lowest BCUT2D eigenvalue weighted by Crippen LogP contribution is -2.48. The van der Waals surface area contributed by atoms with E-state index in [4.69, 9.17) is 16.3 Å². The molecule has 0 aliphatic carbocycles. The molecule has 1 saturated heterocycles. The molecule has 0 saturated carbocycles. The number of ether oxygens (including phenoxy) is 1. The Labute approximate surface area is 148 Å². The summed E-state index contributed by atoms with van der Waals surface area (Å²) in [7, 11) is -3.21. The van der Waals surface area contributed by atoms with Gasteiger partial charge in [0.15, 0.2) is 16.4 Å². The molecule has 1 amide bonds. The second kappa shape index (κ2) is 6.96. The summed E-state index contributed by atoms with van der Waals surface area (Å²) in [5, 5.41) is 13.5. The van der Waals surface area contributed by atoms with Gasteiger partial charge in [0.2, 0.25) is 0 Å². The van der Waals surface area contributed by atoms with Crippen LogP contribution in [-0.4, -0.2) is 48.9 Å². The van der Waals surface area contributed by atoms with Crippen molar-refractivity contribution in [2.45, 2.75) is 18.9 Å². The third-order valence-electron chi connectivity index (χ3n) is 3.65. The Bertz CT molecular complexity index is 840. The monoisotopic (exact) mass is 390 g/mol. The van der Waals surface area contributed by atoms with Crippen LogP contribution in [0.3, 0.4) is 0 Å². The van der Waals surface area contributed by atoms with Gasteiger partial charge < -0.3 is 10.1 Å². The topological polar surface area (TPSA) is 133 Å². The molecule has 1 atom stereocenters. The van der Waals surface area contributed by atoms with Crippen molar-refractivity contribution in [3.63, 3.8) is 0 Å². The number of rotatable bonds is 5. The number of nitrogens with zero attached hydrogens (tertiary/aromatic N) is 1. The number of hydrogen-bond donors (Lipinski definition) is 1. The Morgan fingerprint density at radius 2 is 2.12 bits per heavy atom. The molecule has 136 valence electrons. The van der Waals surface area contributed by atoms with E-state index in [1.807, 2.05) is 0 Å². The first-order valence-corrected chi connectivity index (χ1v) is 9.34. The number of carbonyl (C=O) groups excluding carboxylic acids is 2. The minimum absolute atomic E-state index is 0.0295. The number of sulfone groups is 1. The molecule has 0 radical (unpaired) electrons. The van der Waals surface area contributed by atoms with Gasteiger partial charge in [0.25, 0.3) is 11.6 Å². The summed E-state index contributed by atoms with van der Waals surface area (Å²) in [6, 6.07) is 3.39. The fourth-order valence-electron chi connectivity index (χ4n) is 2.52. The summed E-state index contributed by atoms with van der Waals surface area (Å²) in [5.74, 6) is -2.00. The molecule has 1 fully saturated rings. The minimum Gasteiger partial charge on any atom is -0.452 e. The normalized spacial score (nSPS) is 21.5. The molecule has 0 spiro atoms. The van der Waals surface area contributed by atoms with Crippen molar-refractivity contribution in [1.82, 2.24) is 5.32 Å². The molecule has 1 aliphatic heterocycles. The van der Waals surface area contributed by atoms with Gasteiger partial charge in [0.05, 0.1) is 22.0 Å². The zero-order chi connectivity index (χ0) is 18.8. The van der Waals surface area contributed by atoms with Crippen molar-refractivity contribution >= 4 is 39.0 Å². The Balaban J connectivity index is 2.00. The fraction of sp³-hybridized carbons (Fsp3) is 0.429. The third-order valence-corrected chi connectivity index (χ3v) is 5.79. The van der Waals surface area contributed by atoms with Crippen LogP contribution in [0.4, 0.5) is 5.69 Å². The summed E-state index contributed by atoms with van der Waals surface area (Å²) in [5.41, 5.74) is -1.80. The standard InChI is InChI=1S/C14H15ClN2O7S/c1-14(4-5-25(22,23)8-14)16-12(18)7-24-13(19)10-6-9(15)2-3-11(10)17(20)21/h2-3,6H,4-5,7-8H2,1H3,(H,16,18)/t14-/m1/s1. The quantitative estimate of drug-likeness (QED) is 0.452. The Hall–Kier alpha value is -2.20. The molecule has 25 heavy (non-hydrogen) atoms. The number of nitro benzene ring substituents is 1.